The minimum Gasteiger partial charge on any atom is -0.375 e. The Morgan fingerprint density at radius 3 is 2.31 bits per heavy atom. The summed E-state index contributed by atoms with van der Waals surface area (Å²) in [6.07, 6.45) is 2.36. The number of fused-ring (bicyclic) bond motifs is 1. The molecule has 0 N–H and O–H groups in total. The Kier molecular flexibility index (Phi) is 6.70. The number of rotatable bonds is 9. The van der Waals surface area contributed by atoms with Crippen molar-refractivity contribution in [3.63, 3.8) is 0 Å². The zero-order chi connectivity index (χ0) is 18.4. The van der Waals surface area contributed by atoms with Crippen molar-refractivity contribution < 1.29 is 4.74 Å². The molecule has 2 atom stereocenters. The third kappa shape index (κ3) is 4.11. The molecule has 0 bridgehead atoms. The number of hydrogen-bond acceptors (Lipinski definition) is 3. The van der Waals surface area contributed by atoms with E-state index in [-0.39, 0.29) is 6.10 Å². The van der Waals surface area contributed by atoms with Crippen molar-refractivity contribution in [2.75, 3.05) is 38.2 Å². The summed E-state index contributed by atoms with van der Waals surface area (Å²) in [5, 5.41) is 0. The van der Waals surface area contributed by atoms with Crippen molar-refractivity contribution in [2.45, 2.75) is 38.8 Å². The number of para-hydroxylation sites is 1. The molecule has 26 heavy (non-hydrogen) atoms. The van der Waals surface area contributed by atoms with Crippen LogP contribution in [0.3, 0.4) is 0 Å². The molecular weight excluding hydrogens is 320 g/mol. The van der Waals surface area contributed by atoms with E-state index in [2.05, 4.69) is 78.2 Å². The molecule has 3 rings (SSSR count). The molecule has 3 nitrogen and oxygen atoms in total. The molecule has 3 heteroatoms. The summed E-state index contributed by atoms with van der Waals surface area (Å²) in [6, 6.07) is 19.9. The first-order valence-electron chi connectivity index (χ1n) is 9.93. The van der Waals surface area contributed by atoms with Gasteiger partial charge in [-0.05, 0) is 55.7 Å². The lowest BCUT2D eigenvalue weighted by molar-refractivity contribution is 0.0869. The number of anilines is 1. The topological polar surface area (TPSA) is 15.7 Å². The van der Waals surface area contributed by atoms with Gasteiger partial charge in [0.05, 0.1) is 6.04 Å². The molecule has 0 saturated heterocycles. The largest absolute Gasteiger partial charge is 0.375 e. The maximum atomic E-state index is 5.97. The van der Waals surface area contributed by atoms with Crippen molar-refractivity contribution in [1.29, 1.82) is 0 Å². The summed E-state index contributed by atoms with van der Waals surface area (Å²) in [5.74, 6) is 0. The molecular formula is C23H32N2O. The van der Waals surface area contributed by atoms with Crippen LogP contribution < -0.4 is 4.90 Å². The molecule has 140 valence electrons. The van der Waals surface area contributed by atoms with E-state index in [1.54, 1.807) is 0 Å². The van der Waals surface area contributed by atoms with E-state index < -0.39 is 0 Å². The summed E-state index contributed by atoms with van der Waals surface area (Å²) in [6.45, 7) is 8.93. The van der Waals surface area contributed by atoms with E-state index in [4.69, 9.17) is 4.74 Å². The molecule has 0 saturated carbocycles. The molecule has 0 fully saturated rings. The van der Waals surface area contributed by atoms with Crippen LogP contribution in [0.4, 0.5) is 5.69 Å². The molecule has 0 unspecified atom stereocenters. The summed E-state index contributed by atoms with van der Waals surface area (Å²) in [5.41, 5.74) is 4.07. The Labute approximate surface area is 158 Å². The van der Waals surface area contributed by atoms with Gasteiger partial charge in [-0.15, -0.1) is 0 Å². The van der Waals surface area contributed by atoms with Crippen LogP contribution in [-0.2, 0) is 11.2 Å². The van der Waals surface area contributed by atoms with Gasteiger partial charge in [0, 0.05) is 19.3 Å². The van der Waals surface area contributed by atoms with Crippen LogP contribution in [0.2, 0.25) is 0 Å². The second-order valence-corrected chi connectivity index (χ2v) is 7.04. The molecule has 1 aliphatic rings. The molecule has 0 spiro atoms. The summed E-state index contributed by atoms with van der Waals surface area (Å²) in [4.78, 5) is 5.07. The zero-order valence-electron chi connectivity index (χ0n) is 16.4. The fraction of sp³-hybridized carbons (Fsp3) is 0.478. The van der Waals surface area contributed by atoms with Gasteiger partial charge in [-0.2, -0.15) is 0 Å². The Morgan fingerprint density at radius 2 is 1.62 bits per heavy atom. The van der Waals surface area contributed by atoms with E-state index in [1.165, 1.54) is 23.2 Å². The number of benzene rings is 2. The molecule has 1 aliphatic carbocycles. The van der Waals surface area contributed by atoms with Crippen LogP contribution in [0, 0.1) is 0 Å². The minimum atomic E-state index is 0.139. The smallest absolute Gasteiger partial charge is 0.103 e. The number of hydrogen-bond donors (Lipinski definition) is 0. The highest BCUT2D eigenvalue weighted by Crippen LogP contribution is 2.38. The number of ether oxygens (including phenoxy) is 1. The summed E-state index contributed by atoms with van der Waals surface area (Å²) in [7, 11) is 1.85. The third-order valence-electron chi connectivity index (χ3n) is 5.65. The van der Waals surface area contributed by atoms with Gasteiger partial charge in [0.1, 0.15) is 6.10 Å². The average molecular weight is 353 g/mol. The van der Waals surface area contributed by atoms with Crippen molar-refractivity contribution in [3.05, 3.63) is 65.7 Å². The molecule has 0 amide bonds. The van der Waals surface area contributed by atoms with Gasteiger partial charge in [-0.1, -0.05) is 56.3 Å². The number of nitrogens with zero attached hydrogens (tertiary/aromatic N) is 2. The van der Waals surface area contributed by atoms with Crippen LogP contribution in [0.5, 0.6) is 0 Å². The Morgan fingerprint density at radius 1 is 0.923 bits per heavy atom. The normalized spacial score (nSPS) is 18.9. The van der Waals surface area contributed by atoms with Crippen LogP contribution in [0.1, 0.15) is 37.5 Å². The van der Waals surface area contributed by atoms with Crippen LogP contribution in [0.15, 0.2) is 54.6 Å². The predicted octanol–water partition coefficient (Wildman–Crippen LogP) is 4.54. The Hall–Kier alpha value is -1.84. The molecule has 0 heterocycles. The molecule has 0 aromatic heterocycles. The van der Waals surface area contributed by atoms with E-state index in [0.29, 0.717) is 6.04 Å². The standard InChI is InChI=1S/C23H32N2O/c1-4-24(5-2)16-11-17-25(20-13-7-6-8-14-20)22-18-19-12-9-10-15-21(19)23(22)26-3/h6-10,12-15,22-23H,4-5,11,16-18H2,1-3H3/t22-,23+/m0/s1. The first-order valence-corrected chi connectivity index (χ1v) is 9.93. The predicted molar refractivity (Wildman–Crippen MR) is 110 cm³/mol. The van der Waals surface area contributed by atoms with Gasteiger partial charge in [-0.3, -0.25) is 0 Å². The molecule has 0 aliphatic heterocycles. The van der Waals surface area contributed by atoms with Gasteiger partial charge in [0.25, 0.3) is 0 Å². The lowest BCUT2D eigenvalue weighted by atomic mass is 10.1. The van der Waals surface area contributed by atoms with Gasteiger partial charge in [-0.25, -0.2) is 0 Å². The second kappa shape index (κ2) is 9.20. The fourth-order valence-corrected chi connectivity index (χ4v) is 4.21. The lowest BCUT2D eigenvalue weighted by Crippen LogP contribution is -2.41. The first-order chi connectivity index (χ1) is 12.8. The zero-order valence-corrected chi connectivity index (χ0v) is 16.4. The van der Waals surface area contributed by atoms with Crippen molar-refractivity contribution in [1.82, 2.24) is 4.90 Å². The third-order valence-corrected chi connectivity index (χ3v) is 5.65. The molecule has 2 aromatic carbocycles. The monoisotopic (exact) mass is 352 g/mol. The number of methoxy groups -OCH3 is 1. The van der Waals surface area contributed by atoms with Gasteiger partial charge >= 0.3 is 0 Å². The van der Waals surface area contributed by atoms with E-state index in [9.17, 15) is 0 Å². The Bertz CT molecular complexity index is 669. The van der Waals surface area contributed by atoms with Crippen LogP contribution in [0.25, 0.3) is 0 Å². The Balaban J connectivity index is 1.80. The van der Waals surface area contributed by atoms with Crippen LogP contribution >= 0.6 is 0 Å². The van der Waals surface area contributed by atoms with Gasteiger partial charge in [0.2, 0.25) is 0 Å². The second-order valence-electron chi connectivity index (χ2n) is 7.04. The van der Waals surface area contributed by atoms with E-state index >= 15 is 0 Å². The van der Waals surface area contributed by atoms with Gasteiger partial charge in [0.15, 0.2) is 0 Å². The maximum absolute atomic E-state index is 5.97. The van der Waals surface area contributed by atoms with Crippen molar-refractivity contribution in [2.24, 2.45) is 0 Å². The highest BCUT2D eigenvalue weighted by atomic mass is 16.5. The highest BCUT2D eigenvalue weighted by molar-refractivity contribution is 5.50. The van der Waals surface area contributed by atoms with Gasteiger partial charge < -0.3 is 14.5 Å². The molecule has 0 radical (unpaired) electrons. The maximum Gasteiger partial charge on any atom is 0.103 e. The quantitative estimate of drug-likeness (QED) is 0.659. The molecule has 2 aromatic rings. The van der Waals surface area contributed by atoms with E-state index in [0.717, 1.165) is 32.6 Å². The summed E-state index contributed by atoms with van der Waals surface area (Å²) < 4.78 is 5.97. The average Bonchev–Trinajstić information content (AvgIpc) is 3.07. The lowest BCUT2D eigenvalue weighted by Gasteiger charge is -2.35. The minimum absolute atomic E-state index is 0.139. The first kappa shape index (κ1) is 18.9. The fourth-order valence-electron chi connectivity index (χ4n) is 4.21. The highest BCUT2D eigenvalue weighted by Gasteiger charge is 2.36. The van der Waals surface area contributed by atoms with Crippen molar-refractivity contribution in [3.8, 4) is 0 Å². The van der Waals surface area contributed by atoms with Crippen LogP contribution in [-0.4, -0.2) is 44.2 Å². The van der Waals surface area contributed by atoms with Crippen molar-refractivity contribution >= 4 is 5.69 Å². The summed E-state index contributed by atoms with van der Waals surface area (Å²) >= 11 is 0. The van der Waals surface area contributed by atoms with E-state index in [1.807, 2.05) is 7.11 Å². The SMILES string of the molecule is CCN(CC)CCCN(c1ccccc1)[C@H]1Cc2ccccc2[C@H]1OC.